The van der Waals surface area contributed by atoms with Gasteiger partial charge in [-0.2, -0.15) is 0 Å². The third-order valence-corrected chi connectivity index (χ3v) is 4.71. The van der Waals surface area contributed by atoms with Gasteiger partial charge in [0.1, 0.15) is 5.75 Å². The molecule has 1 aliphatic rings. The molecule has 2 heteroatoms. The lowest BCUT2D eigenvalue weighted by Crippen LogP contribution is -2.39. The van der Waals surface area contributed by atoms with E-state index in [1.54, 1.807) is 12.1 Å². The number of rotatable bonds is 3. The average Bonchev–Trinajstić information content (AvgIpc) is 2.54. The van der Waals surface area contributed by atoms with Crippen LogP contribution in [0.5, 0.6) is 5.75 Å². The molecular formula is C20H23NO. The number of hydrogen-bond donors (Lipinski definition) is 1. The molecule has 1 aliphatic heterocycles. The van der Waals surface area contributed by atoms with Crippen molar-refractivity contribution in [3.8, 4) is 5.75 Å². The fraction of sp³-hybridized carbons (Fsp3) is 0.300. The minimum absolute atomic E-state index is 0.331. The van der Waals surface area contributed by atoms with Crippen molar-refractivity contribution in [1.29, 1.82) is 0 Å². The highest BCUT2D eigenvalue weighted by Gasteiger charge is 2.25. The maximum atomic E-state index is 9.44. The predicted octanol–water partition coefficient (Wildman–Crippen LogP) is 4.11. The molecule has 0 aromatic heterocycles. The highest BCUT2D eigenvalue weighted by molar-refractivity contribution is 5.70. The Morgan fingerprint density at radius 3 is 2.41 bits per heavy atom. The van der Waals surface area contributed by atoms with Crippen LogP contribution < -0.4 is 0 Å². The van der Waals surface area contributed by atoms with Gasteiger partial charge >= 0.3 is 0 Å². The van der Waals surface area contributed by atoms with Crippen molar-refractivity contribution in [2.45, 2.75) is 25.8 Å². The largest absolute Gasteiger partial charge is 0.508 e. The Hall–Kier alpha value is -2.06. The van der Waals surface area contributed by atoms with Crippen LogP contribution in [-0.2, 0) is 6.42 Å². The van der Waals surface area contributed by atoms with Crippen molar-refractivity contribution in [1.82, 2.24) is 4.90 Å². The molecule has 114 valence electrons. The van der Waals surface area contributed by atoms with Gasteiger partial charge in [0, 0.05) is 12.6 Å². The summed E-state index contributed by atoms with van der Waals surface area (Å²) in [5.74, 6) is 0.331. The zero-order chi connectivity index (χ0) is 15.5. The van der Waals surface area contributed by atoms with Gasteiger partial charge in [0.15, 0.2) is 0 Å². The zero-order valence-electron chi connectivity index (χ0n) is 13.3. The Labute approximate surface area is 132 Å². The van der Waals surface area contributed by atoms with Crippen molar-refractivity contribution in [2.75, 3.05) is 13.6 Å². The van der Waals surface area contributed by atoms with Crippen LogP contribution in [-0.4, -0.2) is 29.6 Å². The topological polar surface area (TPSA) is 23.5 Å². The van der Waals surface area contributed by atoms with Gasteiger partial charge in [-0.1, -0.05) is 48.0 Å². The number of hydrogen-bond acceptors (Lipinski definition) is 2. The third kappa shape index (κ3) is 3.07. The second-order valence-electron chi connectivity index (χ2n) is 6.14. The molecular weight excluding hydrogens is 270 g/mol. The van der Waals surface area contributed by atoms with Crippen LogP contribution in [0.25, 0.3) is 5.57 Å². The van der Waals surface area contributed by atoms with Crippen molar-refractivity contribution in [2.24, 2.45) is 0 Å². The molecule has 1 atom stereocenters. The molecule has 0 saturated carbocycles. The van der Waals surface area contributed by atoms with E-state index in [1.807, 2.05) is 12.1 Å². The summed E-state index contributed by atoms with van der Waals surface area (Å²) in [4.78, 5) is 2.44. The summed E-state index contributed by atoms with van der Waals surface area (Å²) in [7, 11) is 2.20. The lowest BCUT2D eigenvalue weighted by Gasteiger charge is -2.36. The first-order valence-corrected chi connectivity index (χ1v) is 7.88. The van der Waals surface area contributed by atoms with E-state index in [2.05, 4.69) is 49.2 Å². The van der Waals surface area contributed by atoms with Crippen molar-refractivity contribution < 1.29 is 5.11 Å². The first kappa shape index (κ1) is 14.9. The number of likely N-dealkylation sites (N-methyl/N-ethyl adjacent to an activating group) is 1. The van der Waals surface area contributed by atoms with Crippen LogP contribution in [0.2, 0.25) is 0 Å². The highest BCUT2D eigenvalue weighted by atomic mass is 16.3. The van der Waals surface area contributed by atoms with E-state index in [-0.39, 0.29) is 0 Å². The Balaban J connectivity index is 1.89. The molecule has 1 unspecified atom stereocenters. The maximum Gasteiger partial charge on any atom is 0.115 e. The Morgan fingerprint density at radius 1 is 1.05 bits per heavy atom. The summed E-state index contributed by atoms with van der Waals surface area (Å²) < 4.78 is 0. The SMILES string of the molecule is CC1=C(c2ccccc2)CCN(C)C1Cc1ccc(O)cc1. The van der Waals surface area contributed by atoms with E-state index in [4.69, 9.17) is 0 Å². The zero-order valence-corrected chi connectivity index (χ0v) is 13.3. The Bertz CT molecular complexity index is 658. The Morgan fingerprint density at radius 2 is 1.73 bits per heavy atom. The van der Waals surface area contributed by atoms with Gasteiger partial charge in [-0.05, 0) is 55.6 Å². The molecule has 22 heavy (non-hydrogen) atoms. The van der Waals surface area contributed by atoms with Gasteiger partial charge < -0.3 is 5.11 Å². The second-order valence-corrected chi connectivity index (χ2v) is 6.14. The summed E-state index contributed by atoms with van der Waals surface area (Å²) in [6.45, 7) is 3.35. The van der Waals surface area contributed by atoms with E-state index in [0.29, 0.717) is 11.8 Å². The highest BCUT2D eigenvalue weighted by Crippen LogP contribution is 2.32. The van der Waals surface area contributed by atoms with Crippen molar-refractivity contribution in [3.63, 3.8) is 0 Å². The Kier molecular flexibility index (Phi) is 4.30. The van der Waals surface area contributed by atoms with E-state index in [0.717, 1.165) is 19.4 Å². The van der Waals surface area contributed by atoms with Gasteiger partial charge in [0.2, 0.25) is 0 Å². The molecule has 0 radical (unpaired) electrons. The lowest BCUT2D eigenvalue weighted by atomic mass is 9.86. The van der Waals surface area contributed by atoms with E-state index in [1.165, 1.54) is 22.3 Å². The molecule has 0 aliphatic carbocycles. The summed E-state index contributed by atoms with van der Waals surface area (Å²) in [5.41, 5.74) is 5.57. The van der Waals surface area contributed by atoms with Crippen LogP contribution in [0.15, 0.2) is 60.2 Å². The summed E-state index contributed by atoms with van der Waals surface area (Å²) in [6.07, 6.45) is 2.09. The monoisotopic (exact) mass is 293 g/mol. The molecule has 2 aromatic rings. The second kappa shape index (κ2) is 6.37. The summed E-state index contributed by atoms with van der Waals surface area (Å²) >= 11 is 0. The minimum atomic E-state index is 0.331. The van der Waals surface area contributed by atoms with Crippen LogP contribution in [0.1, 0.15) is 24.5 Å². The van der Waals surface area contributed by atoms with E-state index >= 15 is 0 Å². The molecule has 0 spiro atoms. The average molecular weight is 293 g/mol. The van der Waals surface area contributed by atoms with E-state index < -0.39 is 0 Å². The number of aromatic hydroxyl groups is 1. The molecule has 1 N–H and O–H groups in total. The van der Waals surface area contributed by atoms with Gasteiger partial charge in [0.05, 0.1) is 0 Å². The predicted molar refractivity (Wildman–Crippen MR) is 91.9 cm³/mol. The van der Waals surface area contributed by atoms with Gasteiger partial charge in [-0.3, -0.25) is 4.90 Å². The number of nitrogens with zero attached hydrogens (tertiary/aromatic N) is 1. The fourth-order valence-corrected chi connectivity index (χ4v) is 3.35. The molecule has 0 bridgehead atoms. The minimum Gasteiger partial charge on any atom is -0.508 e. The van der Waals surface area contributed by atoms with Gasteiger partial charge in [-0.15, -0.1) is 0 Å². The summed E-state index contributed by atoms with van der Waals surface area (Å²) in [6, 6.07) is 18.7. The van der Waals surface area contributed by atoms with Crippen molar-refractivity contribution >= 4 is 5.57 Å². The molecule has 0 amide bonds. The van der Waals surface area contributed by atoms with Crippen LogP contribution in [0, 0.1) is 0 Å². The molecule has 2 aromatic carbocycles. The smallest absolute Gasteiger partial charge is 0.115 e. The first-order valence-electron chi connectivity index (χ1n) is 7.88. The molecule has 1 heterocycles. The number of phenolic OH excluding ortho intramolecular Hbond substituents is 1. The number of phenols is 1. The van der Waals surface area contributed by atoms with E-state index in [9.17, 15) is 5.11 Å². The number of benzene rings is 2. The maximum absolute atomic E-state index is 9.44. The molecule has 2 nitrogen and oxygen atoms in total. The summed E-state index contributed by atoms with van der Waals surface area (Å²) in [5, 5.41) is 9.44. The lowest BCUT2D eigenvalue weighted by molar-refractivity contribution is 0.265. The third-order valence-electron chi connectivity index (χ3n) is 4.71. The standard InChI is InChI=1S/C20H23NO/c1-15-19(17-6-4-3-5-7-17)12-13-21(2)20(15)14-16-8-10-18(22)11-9-16/h3-11,20,22H,12-14H2,1-2H3. The molecule has 3 rings (SSSR count). The molecule has 0 saturated heterocycles. The van der Waals surface area contributed by atoms with Crippen LogP contribution in [0.4, 0.5) is 0 Å². The van der Waals surface area contributed by atoms with Crippen molar-refractivity contribution in [3.05, 3.63) is 71.3 Å². The van der Waals surface area contributed by atoms with Crippen LogP contribution >= 0.6 is 0 Å². The van der Waals surface area contributed by atoms with Gasteiger partial charge in [0.25, 0.3) is 0 Å². The van der Waals surface area contributed by atoms with Crippen LogP contribution in [0.3, 0.4) is 0 Å². The first-order chi connectivity index (χ1) is 10.6. The quantitative estimate of drug-likeness (QED) is 0.920. The van der Waals surface area contributed by atoms with Gasteiger partial charge in [-0.25, -0.2) is 0 Å². The fourth-order valence-electron chi connectivity index (χ4n) is 3.35. The normalized spacial score (nSPS) is 19.5. The molecule has 0 fully saturated rings.